The summed E-state index contributed by atoms with van der Waals surface area (Å²) in [6.07, 6.45) is 4.26. The van der Waals surface area contributed by atoms with E-state index in [0.29, 0.717) is 12.8 Å². The summed E-state index contributed by atoms with van der Waals surface area (Å²) < 4.78 is 0. The third-order valence-electron chi connectivity index (χ3n) is 4.78. The first kappa shape index (κ1) is 16.1. The van der Waals surface area contributed by atoms with Gasteiger partial charge in [0, 0.05) is 34.2 Å². The normalized spacial score (nSPS) is 11.6. The molecule has 0 aliphatic heterocycles. The number of aromatic hydroxyl groups is 2. The summed E-state index contributed by atoms with van der Waals surface area (Å²) in [6.45, 7) is 0. The van der Waals surface area contributed by atoms with Crippen molar-refractivity contribution >= 4 is 27.8 Å². The lowest BCUT2D eigenvalue weighted by Crippen LogP contribution is -2.19. The van der Waals surface area contributed by atoms with Crippen molar-refractivity contribution in [1.82, 2.24) is 9.97 Å². The summed E-state index contributed by atoms with van der Waals surface area (Å²) >= 11 is 0. The van der Waals surface area contributed by atoms with Crippen molar-refractivity contribution in [1.29, 1.82) is 0 Å². The van der Waals surface area contributed by atoms with Crippen LogP contribution >= 0.6 is 0 Å². The molecule has 0 aliphatic carbocycles. The predicted octanol–water partition coefficient (Wildman–Crippen LogP) is 3.55. The number of carbonyl (C=O) groups is 1. The van der Waals surface area contributed by atoms with Gasteiger partial charge in [-0.1, -0.05) is 0 Å². The maximum absolute atomic E-state index is 11.8. The molecule has 2 heterocycles. The molecule has 0 aliphatic rings. The van der Waals surface area contributed by atoms with Gasteiger partial charge < -0.3 is 25.3 Å². The van der Waals surface area contributed by atoms with Crippen LogP contribution in [0, 0.1) is 5.92 Å². The van der Waals surface area contributed by atoms with E-state index in [-0.39, 0.29) is 11.5 Å². The van der Waals surface area contributed by atoms with Crippen LogP contribution in [-0.4, -0.2) is 31.3 Å². The molecule has 4 aromatic rings. The molecule has 0 fully saturated rings. The van der Waals surface area contributed by atoms with Gasteiger partial charge in [0.15, 0.2) is 0 Å². The van der Waals surface area contributed by atoms with Crippen LogP contribution in [0.1, 0.15) is 11.1 Å². The zero-order chi connectivity index (χ0) is 18.3. The summed E-state index contributed by atoms with van der Waals surface area (Å²) in [5.74, 6) is -1.21. The fourth-order valence-electron chi connectivity index (χ4n) is 3.45. The van der Waals surface area contributed by atoms with Crippen molar-refractivity contribution in [2.24, 2.45) is 5.92 Å². The van der Waals surface area contributed by atoms with E-state index in [4.69, 9.17) is 0 Å². The number of benzene rings is 2. The van der Waals surface area contributed by atoms with Crippen LogP contribution in [0.4, 0.5) is 0 Å². The maximum Gasteiger partial charge on any atom is 0.307 e. The molecule has 2 aromatic carbocycles. The Kier molecular flexibility index (Phi) is 3.80. The molecule has 0 unspecified atom stereocenters. The molecule has 0 saturated carbocycles. The maximum atomic E-state index is 11.8. The highest BCUT2D eigenvalue weighted by molar-refractivity contribution is 5.86. The molecule has 2 aromatic heterocycles. The molecule has 0 atom stereocenters. The van der Waals surface area contributed by atoms with E-state index in [1.807, 2.05) is 0 Å². The number of aliphatic carboxylic acids is 1. The van der Waals surface area contributed by atoms with E-state index < -0.39 is 11.9 Å². The number of H-pyrrole nitrogens is 2. The number of hydrogen-bond acceptors (Lipinski definition) is 3. The topological polar surface area (TPSA) is 109 Å². The van der Waals surface area contributed by atoms with Crippen LogP contribution in [0.2, 0.25) is 0 Å². The Bertz CT molecular complexity index is 1030. The Morgan fingerprint density at radius 2 is 1.31 bits per heavy atom. The smallest absolute Gasteiger partial charge is 0.307 e. The van der Waals surface area contributed by atoms with Crippen LogP contribution in [0.3, 0.4) is 0 Å². The first-order valence-electron chi connectivity index (χ1n) is 8.32. The third kappa shape index (κ3) is 2.86. The van der Waals surface area contributed by atoms with Gasteiger partial charge in [-0.2, -0.15) is 0 Å². The van der Waals surface area contributed by atoms with E-state index >= 15 is 0 Å². The van der Waals surface area contributed by atoms with E-state index in [9.17, 15) is 20.1 Å². The first-order valence-corrected chi connectivity index (χ1v) is 8.32. The van der Waals surface area contributed by atoms with E-state index in [0.717, 1.165) is 32.9 Å². The molecule has 26 heavy (non-hydrogen) atoms. The number of carboxylic acids is 1. The monoisotopic (exact) mass is 350 g/mol. The van der Waals surface area contributed by atoms with Crippen LogP contribution in [0.25, 0.3) is 21.8 Å². The standard InChI is InChI=1S/C20H18N2O4/c23-14-1-3-18-16(7-14)12(9-21-18)5-11(20(25)26)6-13-10-22-19-4-2-15(24)8-17(13)19/h1-4,7-11,21-24H,5-6H2,(H,25,26). The van der Waals surface area contributed by atoms with Gasteiger partial charge in [-0.25, -0.2) is 0 Å². The fraction of sp³-hybridized carbons (Fsp3) is 0.150. The van der Waals surface area contributed by atoms with Gasteiger partial charge in [0.1, 0.15) is 11.5 Å². The van der Waals surface area contributed by atoms with Gasteiger partial charge in [0.05, 0.1) is 5.92 Å². The Hall–Kier alpha value is -3.41. The summed E-state index contributed by atoms with van der Waals surface area (Å²) in [7, 11) is 0. The third-order valence-corrected chi connectivity index (χ3v) is 4.78. The van der Waals surface area contributed by atoms with Gasteiger partial charge in [0.25, 0.3) is 0 Å². The highest BCUT2D eigenvalue weighted by Crippen LogP contribution is 2.29. The number of phenolic OH excluding ortho intramolecular Hbond substituents is 2. The average molecular weight is 350 g/mol. The number of rotatable bonds is 5. The van der Waals surface area contributed by atoms with Crippen LogP contribution in [0.15, 0.2) is 48.8 Å². The van der Waals surface area contributed by atoms with Crippen molar-refractivity contribution in [2.75, 3.05) is 0 Å². The van der Waals surface area contributed by atoms with Gasteiger partial charge in [-0.3, -0.25) is 4.79 Å². The second-order valence-electron chi connectivity index (χ2n) is 6.53. The number of nitrogens with one attached hydrogen (secondary N) is 2. The van der Waals surface area contributed by atoms with Gasteiger partial charge >= 0.3 is 5.97 Å². The Balaban J connectivity index is 1.66. The van der Waals surface area contributed by atoms with Gasteiger partial charge in [-0.15, -0.1) is 0 Å². The average Bonchev–Trinajstić information content (AvgIpc) is 3.18. The van der Waals surface area contributed by atoms with Crippen molar-refractivity contribution < 1.29 is 20.1 Å². The van der Waals surface area contributed by atoms with Crippen LogP contribution in [-0.2, 0) is 17.6 Å². The first-order chi connectivity index (χ1) is 12.5. The Labute approximate surface area is 148 Å². The van der Waals surface area contributed by atoms with Crippen LogP contribution < -0.4 is 0 Å². The van der Waals surface area contributed by atoms with Crippen molar-refractivity contribution in [3.8, 4) is 11.5 Å². The molecule has 132 valence electrons. The number of aromatic amines is 2. The minimum Gasteiger partial charge on any atom is -0.508 e. The molecule has 6 heteroatoms. The molecular formula is C20H18N2O4. The molecular weight excluding hydrogens is 332 g/mol. The molecule has 0 saturated heterocycles. The summed E-state index contributed by atoms with van der Waals surface area (Å²) in [5.41, 5.74) is 3.43. The van der Waals surface area contributed by atoms with Gasteiger partial charge in [0.2, 0.25) is 0 Å². The second kappa shape index (κ2) is 6.15. The largest absolute Gasteiger partial charge is 0.508 e. The van der Waals surface area contributed by atoms with Gasteiger partial charge in [-0.05, 0) is 60.4 Å². The van der Waals surface area contributed by atoms with Crippen molar-refractivity contribution in [3.63, 3.8) is 0 Å². The number of hydrogen-bond donors (Lipinski definition) is 5. The SMILES string of the molecule is O=C(O)C(Cc1c[nH]c2ccc(O)cc12)Cc1c[nH]c2ccc(O)cc12. The summed E-state index contributed by atoms with van der Waals surface area (Å²) in [6, 6.07) is 10.0. The fourth-order valence-corrected chi connectivity index (χ4v) is 3.45. The summed E-state index contributed by atoms with van der Waals surface area (Å²) in [5, 5.41) is 30.8. The number of fused-ring (bicyclic) bond motifs is 2. The Morgan fingerprint density at radius 3 is 1.73 bits per heavy atom. The van der Waals surface area contributed by atoms with E-state index in [1.165, 1.54) is 0 Å². The molecule has 4 rings (SSSR count). The Morgan fingerprint density at radius 1 is 0.846 bits per heavy atom. The highest BCUT2D eigenvalue weighted by atomic mass is 16.4. The zero-order valence-corrected chi connectivity index (χ0v) is 13.9. The second-order valence-corrected chi connectivity index (χ2v) is 6.53. The number of aromatic nitrogens is 2. The van der Waals surface area contributed by atoms with E-state index in [1.54, 1.807) is 48.8 Å². The lowest BCUT2D eigenvalue weighted by molar-refractivity contribution is -0.141. The van der Waals surface area contributed by atoms with Crippen molar-refractivity contribution in [2.45, 2.75) is 12.8 Å². The number of carboxylic acid groups (broad SMARTS) is 1. The van der Waals surface area contributed by atoms with Crippen molar-refractivity contribution in [3.05, 3.63) is 59.9 Å². The summed E-state index contributed by atoms with van der Waals surface area (Å²) in [4.78, 5) is 18.1. The lowest BCUT2D eigenvalue weighted by Gasteiger charge is -2.11. The quantitative estimate of drug-likeness (QED) is 0.379. The van der Waals surface area contributed by atoms with Crippen LogP contribution in [0.5, 0.6) is 11.5 Å². The minimum atomic E-state index is -0.881. The minimum absolute atomic E-state index is 0.150. The molecule has 0 spiro atoms. The molecule has 0 amide bonds. The predicted molar refractivity (Wildman–Crippen MR) is 98.5 cm³/mol. The zero-order valence-electron chi connectivity index (χ0n) is 13.9. The molecule has 0 radical (unpaired) electrons. The molecule has 5 N–H and O–H groups in total. The highest BCUT2D eigenvalue weighted by Gasteiger charge is 2.22. The number of phenols is 2. The molecule has 0 bridgehead atoms. The lowest BCUT2D eigenvalue weighted by atomic mass is 9.92. The molecule has 6 nitrogen and oxygen atoms in total. The van der Waals surface area contributed by atoms with E-state index in [2.05, 4.69) is 9.97 Å².